The normalized spacial score (nSPS) is 17.3. The molecule has 0 bridgehead atoms. The zero-order valence-electron chi connectivity index (χ0n) is 12.8. The molecule has 0 saturated carbocycles. The monoisotopic (exact) mass is 328 g/mol. The lowest BCUT2D eigenvalue weighted by Gasteiger charge is -2.32. The van der Waals surface area contributed by atoms with Gasteiger partial charge in [-0.1, -0.05) is 18.2 Å². The molecule has 1 atom stereocenters. The van der Waals surface area contributed by atoms with Crippen molar-refractivity contribution >= 4 is 11.8 Å². The van der Waals surface area contributed by atoms with Crippen molar-refractivity contribution < 1.29 is 19.2 Å². The first-order valence-corrected chi connectivity index (χ1v) is 7.51. The lowest BCUT2D eigenvalue weighted by Crippen LogP contribution is -2.43. The largest absolute Gasteiger partial charge is 0.415 e. The lowest BCUT2D eigenvalue weighted by molar-refractivity contribution is -0.384. The number of morpholine rings is 1. The number of hydrogen-bond donors (Lipinski definition) is 0. The van der Waals surface area contributed by atoms with Crippen molar-refractivity contribution in [2.75, 3.05) is 19.7 Å². The van der Waals surface area contributed by atoms with Crippen LogP contribution in [0.2, 0.25) is 0 Å². The molecule has 124 valence electrons. The van der Waals surface area contributed by atoms with Crippen molar-refractivity contribution in [2.24, 2.45) is 0 Å². The van der Waals surface area contributed by atoms with Crippen LogP contribution in [0.5, 0.6) is 5.75 Å². The average molecular weight is 328 g/mol. The van der Waals surface area contributed by atoms with Gasteiger partial charge in [0.15, 0.2) is 0 Å². The van der Waals surface area contributed by atoms with E-state index in [1.165, 1.54) is 12.1 Å². The topological polar surface area (TPSA) is 81.9 Å². The Balaban J connectivity index is 1.65. The third kappa shape index (κ3) is 3.69. The van der Waals surface area contributed by atoms with Crippen LogP contribution < -0.4 is 4.74 Å². The average Bonchev–Trinajstić information content (AvgIpc) is 2.63. The highest BCUT2D eigenvalue weighted by Gasteiger charge is 2.27. The summed E-state index contributed by atoms with van der Waals surface area (Å²) < 4.78 is 11.0. The SMILES string of the molecule is O=C(Oc1ccccc1)N1CCO[C@H](c2ccc([N+](=O)[O-])cc2)C1. The molecule has 2 aromatic carbocycles. The molecule has 0 radical (unpaired) electrons. The van der Waals surface area contributed by atoms with E-state index in [-0.39, 0.29) is 11.8 Å². The number of benzene rings is 2. The number of para-hydroxylation sites is 1. The minimum Gasteiger partial charge on any atom is -0.410 e. The van der Waals surface area contributed by atoms with Crippen molar-refractivity contribution in [1.29, 1.82) is 0 Å². The van der Waals surface area contributed by atoms with Crippen molar-refractivity contribution in [3.63, 3.8) is 0 Å². The summed E-state index contributed by atoms with van der Waals surface area (Å²) in [6, 6.07) is 15.0. The molecule has 1 fully saturated rings. The van der Waals surface area contributed by atoms with Crippen LogP contribution in [0.4, 0.5) is 10.5 Å². The molecule has 0 unspecified atom stereocenters. The van der Waals surface area contributed by atoms with Gasteiger partial charge in [-0.05, 0) is 29.8 Å². The Bertz CT molecular complexity index is 718. The van der Waals surface area contributed by atoms with Gasteiger partial charge in [0.05, 0.1) is 18.1 Å². The van der Waals surface area contributed by atoms with E-state index >= 15 is 0 Å². The summed E-state index contributed by atoms with van der Waals surface area (Å²) in [5, 5.41) is 10.7. The molecular formula is C17H16N2O5. The standard InChI is InChI=1S/C17H16N2O5/c20-17(24-15-4-2-1-3-5-15)18-10-11-23-16(12-18)13-6-8-14(9-7-13)19(21)22/h1-9,16H,10-12H2/t16-/m0/s1. The second-order valence-electron chi connectivity index (χ2n) is 5.34. The van der Waals surface area contributed by atoms with Crippen LogP contribution >= 0.6 is 0 Å². The Labute approximate surface area is 138 Å². The van der Waals surface area contributed by atoms with Crippen molar-refractivity contribution in [2.45, 2.75) is 6.10 Å². The van der Waals surface area contributed by atoms with Gasteiger partial charge in [0.2, 0.25) is 0 Å². The van der Waals surface area contributed by atoms with Crippen LogP contribution in [0.15, 0.2) is 54.6 Å². The molecule has 7 nitrogen and oxygen atoms in total. The van der Waals surface area contributed by atoms with Crippen LogP contribution in [0.3, 0.4) is 0 Å². The molecule has 0 spiro atoms. The summed E-state index contributed by atoms with van der Waals surface area (Å²) in [5.41, 5.74) is 0.813. The molecular weight excluding hydrogens is 312 g/mol. The van der Waals surface area contributed by atoms with Crippen LogP contribution in [0.25, 0.3) is 0 Å². The summed E-state index contributed by atoms with van der Waals surface area (Å²) in [5.74, 6) is 0.487. The summed E-state index contributed by atoms with van der Waals surface area (Å²) in [6.07, 6.45) is -0.765. The van der Waals surface area contributed by atoms with Gasteiger partial charge in [-0.15, -0.1) is 0 Å². The van der Waals surface area contributed by atoms with Crippen molar-refractivity contribution in [1.82, 2.24) is 4.90 Å². The van der Waals surface area contributed by atoms with Crippen LogP contribution in [0.1, 0.15) is 11.7 Å². The Morgan fingerprint density at radius 3 is 2.54 bits per heavy atom. The van der Waals surface area contributed by atoms with E-state index in [9.17, 15) is 14.9 Å². The number of carbonyl (C=O) groups excluding carboxylic acids is 1. The summed E-state index contributed by atoms with van der Waals surface area (Å²) in [4.78, 5) is 24.1. The number of nitro benzene ring substituents is 1. The molecule has 7 heteroatoms. The fraction of sp³-hybridized carbons (Fsp3) is 0.235. The molecule has 1 saturated heterocycles. The first-order valence-electron chi connectivity index (χ1n) is 7.51. The number of carbonyl (C=O) groups is 1. The number of ether oxygens (including phenoxy) is 2. The molecule has 2 aromatic rings. The van der Waals surface area contributed by atoms with Crippen LogP contribution in [-0.2, 0) is 4.74 Å². The van der Waals surface area contributed by atoms with Crippen molar-refractivity contribution in [3.8, 4) is 5.75 Å². The second-order valence-corrected chi connectivity index (χ2v) is 5.34. The van der Waals surface area contributed by atoms with Crippen LogP contribution in [-0.4, -0.2) is 35.6 Å². The van der Waals surface area contributed by atoms with Gasteiger partial charge in [-0.25, -0.2) is 4.79 Å². The van der Waals surface area contributed by atoms with E-state index in [4.69, 9.17) is 9.47 Å². The quantitative estimate of drug-likeness (QED) is 0.638. The second kappa shape index (κ2) is 7.10. The molecule has 1 aliphatic heterocycles. The van der Waals surface area contributed by atoms with E-state index in [2.05, 4.69) is 0 Å². The van der Waals surface area contributed by atoms with E-state index in [1.54, 1.807) is 41.3 Å². The lowest BCUT2D eigenvalue weighted by atomic mass is 10.1. The van der Waals surface area contributed by atoms with Gasteiger partial charge in [0, 0.05) is 18.7 Å². The smallest absolute Gasteiger partial charge is 0.410 e. The molecule has 0 aromatic heterocycles. The number of non-ortho nitro benzene ring substituents is 1. The third-order valence-corrected chi connectivity index (χ3v) is 3.75. The summed E-state index contributed by atoms with van der Waals surface area (Å²) >= 11 is 0. The number of nitro groups is 1. The first kappa shape index (κ1) is 15.9. The molecule has 0 N–H and O–H groups in total. The maximum absolute atomic E-state index is 12.2. The minimum atomic E-state index is -0.449. The zero-order valence-corrected chi connectivity index (χ0v) is 12.8. The Kier molecular flexibility index (Phi) is 4.72. The highest BCUT2D eigenvalue weighted by Crippen LogP contribution is 2.25. The predicted molar refractivity (Wildman–Crippen MR) is 85.8 cm³/mol. The van der Waals surface area contributed by atoms with E-state index in [1.807, 2.05) is 6.07 Å². The highest BCUT2D eigenvalue weighted by molar-refractivity contribution is 5.70. The molecule has 24 heavy (non-hydrogen) atoms. The number of hydrogen-bond acceptors (Lipinski definition) is 5. The summed E-state index contributed by atoms with van der Waals surface area (Å²) in [6.45, 7) is 1.16. The van der Waals surface area contributed by atoms with Gasteiger partial charge < -0.3 is 14.4 Å². The summed E-state index contributed by atoms with van der Waals surface area (Å²) in [7, 11) is 0. The van der Waals surface area contributed by atoms with Crippen molar-refractivity contribution in [3.05, 3.63) is 70.3 Å². The van der Waals surface area contributed by atoms with Crippen LogP contribution in [0, 0.1) is 10.1 Å². The molecule has 3 rings (SSSR count). The molecule has 1 heterocycles. The molecule has 1 aliphatic rings. The van der Waals surface area contributed by atoms with E-state index in [0.717, 1.165) is 5.56 Å². The van der Waals surface area contributed by atoms with E-state index in [0.29, 0.717) is 25.4 Å². The van der Waals surface area contributed by atoms with Gasteiger partial charge >= 0.3 is 6.09 Å². The Morgan fingerprint density at radius 2 is 1.88 bits per heavy atom. The fourth-order valence-electron chi connectivity index (χ4n) is 2.48. The van der Waals surface area contributed by atoms with Gasteiger partial charge in [-0.3, -0.25) is 10.1 Å². The number of nitrogens with zero attached hydrogens (tertiary/aromatic N) is 2. The Morgan fingerprint density at radius 1 is 1.17 bits per heavy atom. The number of amides is 1. The maximum atomic E-state index is 12.2. The van der Waals surface area contributed by atoms with Gasteiger partial charge in [0.1, 0.15) is 11.9 Å². The van der Waals surface area contributed by atoms with E-state index < -0.39 is 11.0 Å². The predicted octanol–water partition coefficient (Wildman–Crippen LogP) is 3.17. The minimum absolute atomic E-state index is 0.0231. The third-order valence-electron chi connectivity index (χ3n) is 3.75. The highest BCUT2D eigenvalue weighted by atomic mass is 16.6. The Hall–Kier alpha value is -2.93. The van der Waals surface area contributed by atoms with Gasteiger partial charge in [0.25, 0.3) is 5.69 Å². The molecule has 0 aliphatic carbocycles. The first-order chi connectivity index (χ1) is 11.6. The number of rotatable bonds is 3. The fourth-order valence-corrected chi connectivity index (χ4v) is 2.48. The molecule has 1 amide bonds. The maximum Gasteiger partial charge on any atom is 0.415 e. The zero-order chi connectivity index (χ0) is 16.9. The van der Waals surface area contributed by atoms with Gasteiger partial charge in [-0.2, -0.15) is 0 Å².